The summed E-state index contributed by atoms with van der Waals surface area (Å²) in [6.07, 6.45) is 4.90. The van der Waals surface area contributed by atoms with Crippen LogP contribution in [0.2, 0.25) is 0 Å². The molecule has 0 radical (unpaired) electrons. The number of thiazole rings is 1. The lowest BCUT2D eigenvalue weighted by molar-refractivity contribution is 1.04. The number of nitrogens with one attached hydrogen (secondary N) is 1. The first-order chi connectivity index (χ1) is 6.18. The molecule has 3 nitrogen and oxygen atoms in total. The van der Waals surface area contributed by atoms with Crippen LogP contribution < -0.4 is 11.1 Å². The summed E-state index contributed by atoms with van der Waals surface area (Å²) in [5.74, 6) is 0. The maximum absolute atomic E-state index is 5.54. The van der Waals surface area contributed by atoms with E-state index in [0.717, 1.165) is 23.1 Å². The van der Waals surface area contributed by atoms with Crippen LogP contribution in [0.15, 0.2) is 17.8 Å². The van der Waals surface area contributed by atoms with Crippen molar-refractivity contribution >= 4 is 21.5 Å². The molecule has 0 aromatic carbocycles. The molecular formula is C9H15N3S. The molecule has 4 heteroatoms. The Morgan fingerprint density at radius 3 is 3.00 bits per heavy atom. The molecule has 1 aromatic heterocycles. The number of nitrogens with two attached hydrogens (primary N) is 1. The number of allylic oxidation sites excluding steroid dienone is 1. The van der Waals surface area contributed by atoms with E-state index in [0.29, 0.717) is 0 Å². The monoisotopic (exact) mass is 197 g/mol. The second-order valence-electron chi connectivity index (χ2n) is 3.06. The number of nitrogen functional groups attached to an aromatic ring is 1. The summed E-state index contributed by atoms with van der Waals surface area (Å²) in [6, 6.07) is 0. The van der Waals surface area contributed by atoms with Gasteiger partial charge in [0.2, 0.25) is 0 Å². The van der Waals surface area contributed by atoms with Crippen molar-refractivity contribution < 1.29 is 0 Å². The average Bonchev–Trinajstić information content (AvgIpc) is 2.45. The molecule has 0 spiro atoms. The first kappa shape index (κ1) is 10.1. The third kappa shape index (κ3) is 3.94. The van der Waals surface area contributed by atoms with Gasteiger partial charge in [-0.3, -0.25) is 0 Å². The lowest BCUT2D eigenvalue weighted by Gasteiger charge is -1.98. The number of rotatable bonds is 4. The molecule has 72 valence electrons. The van der Waals surface area contributed by atoms with Crippen LogP contribution in [-0.2, 0) is 0 Å². The molecule has 0 atom stereocenters. The highest BCUT2D eigenvalue weighted by Gasteiger charge is 1.95. The smallest absolute Gasteiger partial charge is 0.184 e. The maximum atomic E-state index is 5.54. The van der Waals surface area contributed by atoms with Crippen molar-refractivity contribution in [3.05, 3.63) is 17.8 Å². The average molecular weight is 197 g/mol. The van der Waals surface area contributed by atoms with E-state index in [9.17, 15) is 0 Å². The fraction of sp³-hybridized carbons (Fsp3) is 0.444. The predicted molar refractivity (Wildman–Crippen MR) is 59.1 cm³/mol. The van der Waals surface area contributed by atoms with E-state index in [1.165, 1.54) is 16.9 Å². The Morgan fingerprint density at radius 1 is 1.69 bits per heavy atom. The van der Waals surface area contributed by atoms with Crippen LogP contribution in [0.25, 0.3) is 0 Å². The Labute approximate surface area is 82.7 Å². The summed E-state index contributed by atoms with van der Waals surface area (Å²) in [4.78, 5) is 4.09. The predicted octanol–water partition coefficient (Wildman–Crippen LogP) is 2.49. The normalized spacial score (nSPS) is 9.69. The molecule has 1 heterocycles. The first-order valence-corrected chi connectivity index (χ1v) is 5.08. The standard InChI is InChI=1S/C9H15N3S/c1-7(2)4-3-5-11-9-12-6-8(10)13-9/h4,6H,3,5,10H2,1-2H3,(H,11,12). The van der Waals surface area contributed by atoms with Crippen LogP contribution in [0.4, 0.5) is 10.1 Å². The lowest BCUT2D eigenvalue weighted by atomic mass is 10.3. The topological polar surface area (TPSA) is 50.9 Å². The van der Waals surface area contributed by atoms with Gasteiger partial charge >= 0.3 is 0 Å². The highest BCUT2D eigenvalue weighted by Crippen LogP contribution is 2.19. The SMILES string of the molecule is CC(C)=CCCNc1ncc(N)s1. The van der Waals surface area contributed by atoms with Gasteiger partial charge in [-0.25, -0.2) is 4.98 Å². The summed E-state index contributed by atoms with van der Waals surface area (Å²) < 4.78 is 0. The van der Waals surface area contributed by atoms with Crippen molar-refractivity contribution in [3.8, 4) is 0 Å². The van der Waals surface area contributed by atoms with Crippen LogP contribution in [0.3, 0.4) is 0 Å². The van der Waals surface area contributed by atoms with Gasteiger partial charge in [-0.05, 0) is 20.3 Å². The van der Waals surface area contributed by atoms with Crippen molar-refractivity contribution in [3.63, 3.8) is 0 Å². The van der Waals surface area contributed by atoms with Gasteiger partial charge in [0.05, 0.1) is 6.20 Å². The minimum atomic E-state index is 0.754. The van der Waals surface area contributed by atoms with E-state index in [-0.39, 0.29) is 0 Å². The molecule has 0 unspecified atom stereocenters. The zero-order valence-electron chi connectivity index (χ0n) is 8.00. The van der Waals surface area contributed by atoms with Crippen LogP contribution in [0.5, 0.6) is 0 Å². The zero-order chi connectivity index (χ0) is 9.68. The van der Waals surface area contributed by atoms with Gasteiger partial charge < -0.3 is 11.1 Å². The fourth-order valence-electron chi connectivity index (χ4n) is 0.908. The molecule has 1 rings (SSSR count). The highest BCUT2D eigenvalue weighted by molar-refractivity contribution is 7.19. The maximum Gasteiger partial charge on any atom is 0.184 e. The first-order valence-electron chi connectivity index (χ1n) is 4.27. The quantitative estimate of drug-likeness (QED) is 0.576. The summed E-state index contributed by atoms with van der Waals surface area (Å²) in [6.45, 7) is 5.11. The molecule has 3 N–H and O–H groups in total. The highest BCUT2D eigenvalue weighted by atomic mass is 32.1. The van der Waals surface area contributed by atoms with E-state index in [4.69, 9.17) is 5.73 Å². The number of anilines is 2. The number of hydrogen-bond acceptors (Lipinski definition) is 4. The van der Waals surface area contributed by atoms with E-state index >= 15 is 0 Å². The zero-order valence-corrected chi connectivity index (χ0v) is 8.82. The van der Waals surface area contributed by atoms with Gasteiger partial charge in [-0.15, -0.1) is 0 Å². The van der Waals surface area contributed by atoms with Crippen molar-refractivity contribution in [2.45, 2.75) is 20.3 Å². The van der Waals surface area contributed by atoms with E-state index < -0.39 is 0 Å². The Bertz CT molecular complexity index is 287. The molecule has 0 aliphatic carbocycles. The second kappa shape index (κ2) is 4.87. The summed E-state index contributed by atoms with van der Waals surface area (Å²) in [7, 11) is 0. The van der Waals surface area contributed by atoms with Crippen molar-refractivity contribution in [1.29, 1.82) is 0 Å². The van der Waals surface area contributed by atoms with Gasteiger partial charge in [0.1, 0.15) is 5.00 Å². The number of aromatic nitrogens is 1. The van der Waals surface area contributed by atoms with Crippen LogP contribution >= 0.6 is 11.3 Å². The Kier molecular flexibility index (Phi) is 3.76. The molecule has 0 bridgehead atoms. The molecule has 0 fully saturated rings. The van der Waals surface area contributed by atoms with Gasteiger partial charge in [0, 0.05) is 6.54 Å². The minimum Gasteiger partial charge on any atom is -0.389 e. The number of nitrogens with zero attached hydrogens (tertiary/aromatic N) is 1. The summed E-state index contributed by atoms with van der Waals surface area (Å²) in [5.41, 5.74) is 6.88. The molecule has 0 saturated heterocycles. The largest absolute Gasteiger partial charge is 0.389 e. The van der Waals surface area contributed by atoms with Crippen molar-refractivity contribution in [2.75, 3.05) is 17.6 Å². The third-order valence-electron chi connectivity index (χ3n) is 1.50. The lowest BCUT2D eigenvalue weighted by Crippen LogP contribution is -1.99. The molecular weight excluding hydrogens is 182 g/mol. The van der Waals surface area contributed by atoms with Gasteiger partial charge in [-0.1, -0.05) is 23.0 Å². The van der Waals surface area contributed by atoms with E-state index in [1.54, 1.807) is 6.20 Å². The second-order valence-corrected chi connectivity index (χ2v) is 4.13. The van der Waals surface area contributed by atoms with E-state index in [1.807, 2.05) is 0 Å². The Morgan fingerprint density at radius 2 is 2.46 bits per heavy atom. The van der Waals surface area contributed by atoms with Gasteiger partial charge in [-0.2, -0.15) is 0 Å². The van der Waals surface area contributed by atoms with Crippen LogP contribution in [0, 0.1) is 0 Å². The van der Waals surface area contributed by atoms with Crippen molar-refractivity contribution in [2.24, 2.45) is 0 Å². The fourth-order valence-corrected chi connectivity index (χ4v) is 1.52. The van der Waals surface area contributed by atoms with Crippen LogP contribution in [0.1, 0.15) is 20.3 Å². The minimum absolute atomic E-state index is 0.754. The summed E-state index contributed by atoms with van der Waals surface area (Å²) >= 11 is 1.48. The summed E-state index contributed by atoms with van der Waals surface area (Å²) in [5, 5.41) is 4.86. The molecule has 1 aromatic rings. The molecule has 0 aliphatic heterocycles. The molecule has 0 saturated carbocycles. The van der Waals surface area contributed by atoms with Crippen molar-refractivity contribution in [1.82, 2.24) is 4.98 Å². The van der Waals surface area contributed by atoms with Gasteiger partial charge in [0.15, 0.2) is 5.13 Å². The van der Waals surface area contributed by atoms with E-state index in [2.05, 4.69) is 30.2 Å². The number of hydrogen-bond donors (Lipinski definition) is 2. The molecule has 0 amide bonds. The van der Waals surface area contributed by atoms with Gasteiger partial charge in [0.25, 0.3) is 0 Å². The third-order valence-corrected chi connectivity index (χ3v) is 2.28. The Hall–Kier alpha value is -1.03. The molecule has 13 heavy (non-hydrogen) atoms. The van der Waals surface area contributed by atoms with Crippen LogP contribution in [-0.4, -0.2) is 11.5 Å². The molecule has 0 aliphatic rings. The Balaban J connectivity index is 2.24.